The van der Waals surface area contributed by atoms with Crippen LogP contribution in [0.4, 0.5) is 11.5 Å². The Balaban J connectivity index is 1.53. The van der Waals surface area contributed by atoms with Crippen molar-refractivity contribution in [2.45, 2.75) is 13.0 Å². The molecule has 4 heterocycles. The van der Waals surface area contributed by atoms with Crippen molar-refractivity contribution in [1.82, 2.24) is 29.6 Å². The number of benzene rings is 1. The third kappa shape index (κ3) is 2.47. The number of hydrogen-bond donors (Lipinski definition) is 3. The van der Waals surface area contributed by atoms with Crippen molar-refractivity contribution >= 4 is 17.2 Å². The van der Waals surface area contributed by atoms with Crippen LogP contribution in [-0.4, -0.2) is 30.8 Å². The molecule has 0 unspecified atom stereocenters. The van der Waals surface area contributed by atoms with Gasteiger partial charge in [-0.05, 0) is 36.2 Å². The number of nitrogens with one attached hydrogen (secondary N) is 2. The minimum atomic E-state index is 0.711. The molecule has 1 aliphatic heterocycles. The van der Waals surface area contributed by atoms with Crippen LogP contribution in [0.5, 0.6) is 0 Å². The van der Waals surface area contributed by atoms with Crippen molar-refractivity contribution in [3.63, 3.8) is 0 Å². The number of anilines is 2. The quantitative estimate of drug-likeness (QED) is 0.489. The third-order valence-electron chi connectivity index (χ3n) is 4.68. The summed E-state index contributed by atoms with van der Waals surface area (Å²) < 4.78 is 1.98. The summed E-state index contributed by atoms with van der Waals surface area (Å²) in [5.74, 6) is 6.37. The SMILES string of the molecule is Nn1cc(-c2cnc3c(Nc4ccc5c(c4)CNCC5)nccn23)cn1. The molecule has 8 nitrogen and oxygen atoms in total. The molecular formula is C18H18N8. The number of nitrogens with zero attached hydrogens (tertiary/aromatic N) is 5. The van der Waals surface area contributed by atoms with E-state index >= 15 is 0 Å². The molecule has 4 N–H and O–H groups in total. The lowest BCUT2D eigenvalue weighted by atomic mass is 10.0. The van der Waals surface area contributed by atoms with Crippen LogP contribution < -0.4 is 16.5 Å². The fourth-order valence-corrected chi connectivity index (χ4v) is 3.39. The van der Waals surface area contributed by atoms with E-state index in [4.69, 9.17) is 5.84 Å². The van der Waals surface area contributed by atoms with Gasteiger partial charge >= 0.3 is 0 Å². The number of nitrogen functional groups attached to an aromatic ring is 1. The van der Waals surface area contributed by atoms with Gasteiger partial charge in [-0.1, -0.05) is 6.07 Å². The predicted molar refractivity (Wildman–Crippen MR) is 99.5 cm³/mol. The van der Waals surface area contributed by atoms with E-state index in [0.717, 1.165) is 42.1 Å². The maximum atomic E-state index is 5.66. The van der Waals surface area contributed by atoms with E-state index in [9.17, 15) is 0 Å². The summed E-state index contributed by atoms with van der Waals surface area (Å²) in [5, 5.41) is 10.8. The Morgan fingerprint density at radius 1 is 1.15 bits per heavy atom. The van der Waals surface area contributed by atoms with Crippen molar-refractivity contribution in [2.24, 2.45) is 0 Å². The van der Waals surface area contributed by atoms with Gasteiger partial charge in [0.25, 0.3) is 0 Å². The lowest BCUT2D eigenvalue weighted by Gasteiger charge is -2.18. The lowest BCUT2D eigenvalue weighted by molar-refractivity contribution is 0.644. The molecule has 130 valence electrons. The number of aromatic nitrogens is 5. The monoisotopic (exact) mass is 346 g/mol. The average molecular weight is 346 g/mol. The molecule has 0 saturated heterocycles. The van der Waals surface area contributed by atoms with Gasteiger partial charge in [-0.25, -0.2) is 9.97 Å². The molecule has 0 radical (unpaired) electrons. The van der Waals surface area contributed by atoms with Crippen LogP contribution in [0.1, 0.15) is 11.1 Å². The van der Waals surface area contributed by atoms with Crippen molar-refractivity contribution in [1.29, 1.82) is 0 Å². The summed E-state index contributed by atoms with van der Waals surface area (Å²) in [5.41, 5.74) is 6.30. The van der Waals surface area contributed by atoms with Crippen LogP contribution >= 0.6 is 0 Å². The standard InChI is InChI=1S/C18H18N8/c19-26-11-14(9-23-26)16-10-22-18-17(21-5-6-25(16)18)24-15-2-1-12-3-4-20-8-13(12)7-15/h1-2,5-7,9-11,20H,3-4,8,19H2,(H,21,24). The van der Waals surface area contributed by atoms with Crippen molar-refractivity contribution in [2.75, 3.05) is 17.7 Å². The topological polar surface area (TPSA) is 98.1 Å². The van der Waals surface area contributed by atoms with Gasteiger partial charge in [-0.2, -0.15) is 9.89 Å². The molecule has 0 amide bonds. The summed E-state index contributed by atoms with van der Waals surface area (Å²) in [6, 6.07) is 6.46. The Morgan fingerprint density at radius 3 is 3.00 bits per heavy atom. The first-order valence-corrected chi connectivity index (χ1v) is 8.50. The first-order valence-electron chi connectivity index (χ1n) is 8.50. The zero-order chi connectivity index (χ0) is 17.5. The van der Waals surface area contributed by atoms with Crippen LogP contribution in [-0.2, 0) is 13.0 Å². The second kappa shape index (κ2) is 5.85. The highest BCUT2D eigenvalue weighted by atomic mass is 15.5. The molecule has 0 fully saturated rings. The predicted octanol–water partition coefficient (Wildman–Crippen LogP) is 1.70. The maximum Gasteiger partial charge on any atom is 0.180 e. The highest BCUT2D eigenvalue weighted by molar-refractivity contribution is 5.74. The molecule has 8 heteroatoms. The lowest BCUT2D eigenvalue weighted by Crippen LogP contribution is -2.23. The fraction of sp³-hybridized carbons (Fsp3) is 0.167. The van der Waals surface area contributed by atoms with Crippen molar-refractivity contribution < 1.29 is 0 Å². The molecule has 0 saturated carbocycles. The van der Waals surface area contributed by atoms with Crippen molar-refractivity contribution in [3.05, 3.63) is 60.3 Å². The summed E-state index contributed by atoms with van der Waals surface area (Å²) in [6.07, 6.45) is 9.99. The van der Waals surface area contributed by atoms with E-state index in [1.165, 1.54) is 15.9 Å². The number of hydrogen-bond acceptors (Lipinski definition) is 6. The van der Waals surface area contributed by atoms with Gasteiger partial charge in [0, 0.05) is 30.2 Å². The highest BCUT2D eigenvalue weighted by Crippen LogP contribution is 2.26. The summed E-state index contributed by atoms with van der Waals surface area (Å²) in [6.45, 7) is 1.94. The Morgan fingerprint density at radius 2 is 2.12 bits per heavy atom. The molecular weight excluding hydrogens is 328 g/mol. The molecule has 1 aliphatic rings. The number of imidazole rings is 1. The summed E-state index contributed by atoms with van der Waals surface area (Å²) >= 11 is 0. The van der Waals surface area contributed by atoms with Crippen LogP contribution in [0.25, 0.3) is 16.9 Å². The Labute approximate surface area is 149 Å². The molecule has 1 aromatic carbocycles. The second-order valence-corrected chi connectivity index (χ2v) is 6.36. The van der Waals surface area contributed by atoms with Gasteiger partial charge in [0.2, 0.25) is 0 Å². The van der Waals surface area contributed by atoms with E-state index in [1.54, 1.807) is 24.8 Å². The first kappa shape index (κ1) is 14.9. The highest BCUT2D eigenvalue weighted by Gasteiger charge is 2.13. The van der Waals surface area contributed by atoms with Gasteiger partial charge in [-0.15, -0.1) is 0 Å². The zero-order valence-corrected chi connectivity index (χ0v) is 14.1. The normalized spacial score (nSPS) is 13.7. The van der Waals surface area contributed by atoms with Crippen LogP contribution in [0.2, 0.25) is 0 Å². The minimum absolute atomic E-state index is 0.711. The molecule has 3 aromatic heterocycles. The van der Waals surface area contributed by atoms with E-state index in [2.05, 4.69) is 43.9 Å². The molecule has 5 rings (SSSR count). The zero-order valence-electron chi connectivity index (χ0n) is 14.1. The van der Waals surface area contributed by atoms with Gasteiger partial charge in [-0.3, -0.25) is 4.40 Å². The van der Waals surface area contributed by atoms with Crippen LogP contribution in [0.15, 0.2) is 49.2 Å². The first-order chi connectivity index (χ1) is 12.8. The molecule has 26 heavy (non-hydrogen) atoms. The Bertz CT molecular complexity index is 1090. The molecule has 0 bridgehead atoms. The molecule has 4 aromatic rings. The van der Waals surface area contributed by atoms with E-state index in [1.807, 2.05) is 10.6 Å². The van der Waals surface area contributed by atoms with Gasteiger partial charge in [0.15, 0.2) is 11.5 Å². The number of nitrogens with two attached hydrogens (primary N) is 1. The minimum Gasteiger partial charge on any atom is -0.337 e. The van der Waals surface area contributed by atoms with E-state index in [0.29, 0.717) is 5.82 Å². The smallest absolute Gasteiger partial charge is 0.180 e. The Kier molecular flexibility index (Phi) is 3.36. The molecule has 0 atom stereocenters. The number of rotatable bonds is 3. The maximum absolute atomic E-state index is 5.66. The second-order valence-electron chi connectivity index (χ2n) is 6.36. The van der Waals surface area contributed by atoms with Gasteiger partial charge in [0.05, 0.1) is 24.3 Å². The van der Waals surface area contributed by atoms with E-state index in [-0.39, 0.29) is 0 Å². The fourth-order valence-electron chi connectivity index (χ4n) is 3.39. The van der Waals surface area contributed by atoms with Gasteiger partial charge in [0.1, 0.15) is 0 Å². The molecule has 0 aliphatic carbocycles. The van der Waals surface area contributed by atoms with Gasteiger partial charge < -0.3 is 16.5 Å². The average Bonchev–Trinajstić information content (AvgIpc) is 3.28. The van der Waals surface area contributed by atoms with Crippen molar-refractivity contribution in [3.8, 4) is 11.3 Å². The summed E-state index contributed by atoms with van der Waals surface area (Å²) in [7, 11) is 0. The van der Waals surface area contributed by atoms with Crippen LogP contribution in [0.3, 0.4) is 0 Å². The third-order valence-corrected chi connectivity index (χ3v) is 4.68. The van der Waals surface area contributed by atoms with E-state index < -0.39 is 0 Å². The Hall–Kier alpha value is -3.39. The molecule has 0 spiro atoms. The largest absolute Gasteiger partial charge is 0.337 e. The number of fused-ring (bicyclic) bond motifs is 2. The van der Waals surface area contributed by atoms with Crippen LogP contribution in [0, 0.1) is 0 Å². The summed E-state index contributed by atoms with van der Waals surface area (Å²) in [4.78, 5) is 10.3.